The van der Waals surface area contributed by atoms with Gasteiger partial charge in [-0.2, -0.15) is 0 Å². The van der Waals surface area contributed by atoms with Crippen LogP contribution in [0.3, 0.4) is 0 Å². The molecule has 0 bridgehead atoms. The molecule has 0 saturated heterocycles. The molecule has 1 saturated carbocycles. The number of amides is 1. The summed E-state index contributed by atoms with van der Waals surface area (Å²) in [5.41, 5.74) is 0. The highest BCUT2D eigenvalue weighted by atomic mass is 35.5. The Labute approximate surface area is 144 Å². The zero-order chi connectivity index (χ0) is 16.7. The van der Waals surface area contributed by atoms with Gasteiger partial charge >= 0.3 is 0 Å². The van der Waals surface area contributed by atoms with Gasteiger partial charge in [-0.1, -0.05) is 18.5 Å². The van der Waals surface area contributed by atoms with Crippen molar-refractivity contribution in [3.8, 4) is 5.75 Å². The average molecular weight is 339 g/mol. The summed E-state index contributed by atoms with van der Waals surface area (Å²) in [6.07, 6.45) is 4.65. The van der Waals surface area contributed by atoms with E-state index >= 15 is 0 Å². The Morgan fingerprint density at radius 2 is 1.91 bits per heavy atom. The van der Waals surface area contributed by atoms with Crippen molar-refractivity contribution in [1.29, 1.82) is 0 Å². The minimum atomic E-state index is 0.110. The van der Waals surface area contributed by atoms with Gasteiger partial charge in [-0.3, -0.25) is 9.69 Å². The normalized spacial score (nSPS) is 21.2. The molecule has 1 N–H and O–H groups in total. The second-order valence-electron chi connectivity index (χ2n) is 6.56. The first-order chi connectivity index (χ1) is 11.0. The highest BCUT2D eigenvalue weighted by molar-refractivity contribution is 6.30. The molecule has 0 spiro atoms. The molecule has 0 unspecified atom stereocenters. The van der Waals surface area contributed by atoms with Gasteiger partial charge in [0.05, 0.1) is 6.54 Å². The summed E-state index contributed by atoms with van der Waals surface area (Å²) in [7, 11) is 1.94. The van der Waals surface area contributed by atoms with Crippen LogP contribution >= 0.6 is 11.6 Å². The minimum absolute atomic E-state index is 0.110. The molecule has 1 amide bonds. The van der Waals surface area contributed by atoms with E-state index in [0.717, 1.165) is 24.5 Å². The van der Waals surface area contributed by atoms with Crippen LogP contribution in [0.5, 0.6) is 5.75 Å². The smallest absolute Gasteiger partial charge is 0.234 e. The molecular formula is C18H27ClN2O2. The first-order valence-electron chi connectivity index (χ1n) is 8.39. The molecule has 2 rings (SSSR count). The van der Waals surface area contributed by atoms with Crippen molar-refractivity contribution >= 4 is 17.5 Å². The zero-order valence-corrected chi connectivity index (χ0v) is 14.8. The summed E-state index contributed by atoms with van der Waals surface area (Å²) in [6, 6.07) is 7.66. The van der Waals surface area contributed by atoms with Crippen LogP contribution in [0.25, 0.3) is 0 Å². The van der Waals surface area contributed by atoms with Gasteiger partial charge in [0, 0.05) is 17.6 Å². The predicted octanol–water partition coefficient (Wildman–Crippen LogP) is 3.35. The van der Waals surface area contributed by atoms with Gasteiger partial charge in [0.15, 0.2) is 0 Å². The minimum Gasteiger partial charge on any atom is -0.492 e. The maximum Gasteiger partial charge on any atom is 0.234 e. The van der Waals surface area contributed by atoms with Crippen molar-refractivity contribution in [3.05, 3.63) is 29.3 Å². The van der Waals surface area contributed by atoms with Gasteiger partial charge in [-0.05, 0) is 62.9 Å². The number of nitrogens with one attached hydrogen (secondary N) is 1. The number of rotatable bonds is 7. The number of halogens is 1. The van der Waals surface area contributed by atoms with Crippen molar-refractivity contribution < 1.29 is 9.53 Å². The van der Waals surface area contributed by atoms with Crippen LogP contribution < -0.4 is 10.1 Å². The van der Waals surface area contributed by atoms with E-state index in [9.17, 15) is 4.79 Å². The van der Waals surface area contributed by atoms with E-state index in [2.05, 4.69) is 12.2 Å². The first kappa shape index (κ1) is 18.1. The lowest BCUT2D eigenvalue weighted by Gasteiger charge is -2.27. The summed E-state index contributed by atoms with van der Waals surface area (Å²) in [5, 5.41) is 3.85. The maximum atomic E-state index is 12.1. The summed E-state index contributed by atoms with van der Waals surface area (Å²) in [5.74, 6) is 1.71. The van der Waals surface area contributed by atoms with Crippen LogP contribution in [0.15, 0.2) is 24.3 Å². The number of carbonyl (C=O) groups excluding carboxylic acids is 1. The number of carbonyl (C=O) groups is 1. The lowest BCUT2D eigenvalue weighted by molar-refractivity contribution is -0.123. The first-order valence-corrected chi connectivity index (χ1v) is 8.77. The van der Waals surface area contributed by atoms with Crippen LogP contribution in [0.4, 0.5) is 0 Å². The highest BCUT2D eigenvalue weighted by Crippen LogP contribution is 2.23. The number of nitrogens with zero attached hydrogens (tertiary/aromatic N) is 1. The standard InChI is InChI=1S/C18H27ClN2O2/c1-14-3-7-16(8-4-14)20-18(22)13-21(2)11-12-23-17-9-5-15(19)6-10-17/h5-6,9-10,14,16H,3-4,7-8,11-13H2,1-2H3,(H,20,22). The van der Waals surface area contributed by atoms with Gasteiger partial charge in [-0.15, -0.1) is 0 Å². The molecule has 4 nitrogen and oxygen atoms in total. The molecular weight excluding hydrogens is 312 g/mol. The molecule has 1 aromatic rings. The van der Waals surface area contributed by atoms with E-state index in [1.54, 1.807) is 12.1 Å². The monoisotopic (exact) mass is 338 g/mol. The molecule has 1 fully saturated rings. The Bertz CT molecular complexity index is 484. The number of hydrogen-bond acceptors (Lipinski definition) is 3. The summed E-state index contributed by atoms with van der Waals surface area (Å²) < 4.78 is 5.64. The fourth-order valence-corrected chi connectivity index (χ4v) is 2.98. The quantitative estimate of drug-likeness (QED) is 0.829. The Morgan fingerprint density at radius 3 is 2.57 bits per heavy atom. The van der Waals surface area contributed by atoms with Crippen molar-refractivity contribution in [2.75, 3.05) is 26.7 Å². The Morgan fingerprint density at radius 1 is 1.26 bits per heavy atom. The largest absolute Gasteiger partial charge is 0.492 e. The van der Waals surface area contributed by atoms with Gasteiger partial charge in [0.1, 0.15) is 12.4 Å². The van der Waals surface area contributed by atoms with Crippen LogP contribution in [0.1, 0.15) is 32.6 Å². The van der Waals surface area contributed by atoms with E-state index < -0.39 is 0 Å². The third-order valence-electron chi connectivity index (χ3n) is 4.35. The van der Waals surface area contributed by atoms with E-state index in [0.29, 0.717) is 30.8 Å². The van der Waals surface area contributed by atoms with Crippen molar-refractivity contribution in [1.82, 2.24) is 10.2 Å². The SMILES string of the molecule is CC1CCC(NC(=O)CN(C)CCOc2ccc(Cl)cc2)CC1. The lowest BCUT2D eigenvalue weighted by Crippen LogP contribution is -2.43. The summed E-state index contributed by atoms with van der Waals surface area (Å²) in [6.45, 7) is 3.95. The highest BCUT2D eigenvalue weighted by Gasteiger charge is 2.20. The van der Waals surface area contributed by atoms with Crippen LogP contribution in [0, 0.1) is 5.92 Å². The molecule has 23 heavy (non-hydrogen) atoms. The average Bonchev–Trinajstić information content (AvgIpc) is 2.51. The predicted molar refractivity (Wildman–Crippen MR) is 94.0 cm³/mol. The molecule has 1 aromatic carbocycles. The van der Waals surface area contributed by atoms with Crippen molar-refractivity contribution in [3.63, 3.8) is 0 Å². The Balaban J connectivity index is 1.61. The summed E-state index contributed by atoms with van der Waals surface area (Å²) >= 11 is 5.83. The molecule has 0 heterocycles. The number of ether oxygens (including phenoxy) is 1. The molecule has 0 aromatic heterocycles. The second-order valence-corrected chi connectivity index (χ2v) is 7.00. The van der Waals surface area contributed by atoms with Crippen molar-refractivity contribution in [2.24, 2.45) is 5.92 Å². The van der Waals surface area contributed by atoms with E-state index in [1.807, 2.05) is 24.1 Å². The zero-order valence-electron chi connectivity index (χ0n) is 14.1. The van der Waals surface area contributed by atoms with Crippen LogP contribution in [-0.4, -0.2) is 43.6 Å². The molecule has 1 aliphatic carbocycles. The fraction of sp³-hybridized carbons (Fsp3) is 0.611. The molecule has 0 aliphatic heterocycles. The van der Waals surface area contributed by atoms with Gasteiger partial charge < -0.3 is 10.1 Å². The number of likely N-dealkylation sites (N-methyl/N-ethyl adjacent to an activating group) is 1. The van der Waals surface area contributed by atoms with Gasteiger partial charge in [0.2, 0.25) is 5.91 Å². The number of hydrogen-bond donors (Lipinski definition) is 1. The van der Waals surface area contributed by atoms with Crippen LogP contribution in [-0.2, 0) is 4.79 Å². The topological polar surface area (TPSA) is 41.6 Å². The Kier molecular flexibility index (Phi) is 7.18. The third kappa shape index (κ3) is 6.80. The second kappa shape index (κ2) is 9.14. The Hall–Kier alpha value is -1.26. The van der Waals surface area contributed by atoms with Crippen molar-refractivity contribution in [2.45, 2.75) is 38.6 Å². The van der Waals surface area contributed by atoms with Gasteiger partial charge in [-0.25, -0.2) is 0 Å². The molecule has 1 aliphatic rings. The van der Waals surface area contributed by atoms with E-state index in [-0.39, 0.29) is 5.91 Å². The summed E-state index contributed by atoms with van der Waals surface area (Å²) in [4.78, 5) is 14.0. The molecule has 5 heteroatoms. The lowest BCUT2D eigenvalue weighted by atomic mass is 9.87. The maximum absolute atomic E-state index is 12.1. The molecule has 0 radical (unpaired) electrons. The molecule has 128 valence electrons. The number of benzene rings is 1. The van der Waals surface area contributed by atoms with E-state index in [4.69, 9.17) is 16.3 Å². The van der Waals surface area contributed by atoms with Gasteiger partial charge in [0.25, 0.3) is 0 Å². The fourth-order valence-electron chi connectivity index (χ4n) is 2.85. The van der Waals surface area contributed by atoms with Crippen LogP contribution in [0.2, 0.25) is 5.02 Å². The van der Waals surface area contributed by atoms with E-state index in [1.165, 1.54) is 12.8 Å². The molecule has 0 atom stereocenters. The third-order valence-corrected chi connectivity index (χ3v) is 4.60.